The summed E-state index contributed by atoms with van der Waals surface area (Å²) in [6, 6.07) is 3.24. The maximum Gasteiger partial charge on any atom is 0.130 e. The fourth-order valence-electron chi connectivity index (χ4n) is 2.11. The summed E-state index contributed by atoms with van der Waals surface area (Å²) in [7, 11) is 0. The van der Waals surface area contributed by atoms with Gasteiger partial charge in [0, 0.05) is 24.8 Å². The van der Waals surface area contributed by atoms with Gasteiger partial charge in [-0.3, -0.25) is 0 Å². The van der Waals surface area contributed by atoms with Crippen molar-refractivity contribution < 1.29 is 13.5 Å². The first-order chi connectivity index (χ1) is 7.68. The number of hydrogen-bond acceptors (Lipinski definition) is 2. The van der Waals surface area contributed by atoms with E-state index in [1.165, 1.54) is 18.2 Å². The van der Waals surface area contributed by atoms with Crippen LogP contribution in [-0.4, -0.2) is 13.2 Å². The Hall–Kier alpha value is -1.00. The van der Waals surface area contributed by atoms with E-state index in [9.17, 15) is 8.78 Å². The molecule has 2 rings (SSSR count). The van der Waals surface area contributed by atoms with Gasteiger partial charge < -0.3 is 10.5 Å². The Labute approximate surface area is 93.4 Å². The zero-order valence-electron chi connectivity index (χ0n) is 8.96. The van der Waals surface area contributed by atoms with Crippen molar-refractivity contribution in [1.29, 1.82) is 0 Å². The van der Waals surface area contributed by atoms with Crippen LogP contribution < -0.4 is 5.73 Å². The van der Waals surface area contributed by atoms with E-state index in [0.717, 1.165) is 13.0 Å². The van der Waals surface area contributed by atoms with Crippen molar-refractivity contribution in [3.63, 3.8) is 0 Å². The highest BCUT2D eigenvalue weighted by atomic mass is 19.1. The Morgan fingerprint density at radius 2 is 2.06 bits per heavy atom. The van der Waals surface area contributed by atoms with Gasteiger partial charge in [0.05, 0.1) is 0 Å². The molecule has 1 heterocycles. The quantitative estimate of drug-likeness (QED) is 0.860. The molecular weight excluding hydrogens is 212 g/mol. The Kier molecular flexibility index (Phi) is 3.51. The smallest absolute Gasteiger partial charge is 0.130 e. The van der Waals surface area contributed by atoms with Gasteiger partial charge in [0.1, 0.15) is 11.6 Å². The molecule has 1 fully saturated rings. The van der Waals surface area contributed by atoms with E-state index in [1.807, 2.05) is 0 Å². The minimum Gasteiger partial charge on any atom is -0.381 e. The monoisotopic (exact) mass is 227 g/mol. The number of rotatable bonds is 3. The lowest BCUT2D eigenvalue weighted by atomic mass is 9.94. The summed E-state index contributed by atoms with van der Waals surface area (Å²) >= 11 is 0. The van der Waals surface area contributed by atoms with Gasteiger partial charge in [-0.15, -0.1) is 0 Å². The average molecular weight is 227 g/mol. The van der Waals surface area contributed by atoms with Crippen LogP contribution in [0, 0.1) is 17.6 Å². The Balaban J connectivity index is 2.10. The van der Waals surface area contributed by atoms with Crippen LogP contribution in [0.3, 0.4) is 0 Å². The third-order valence-corrected chi connectivity index (χ3v) is 2.98. The Morgan fingerprint density at radius 3 is 2.62 bits per heavy atom. The molecule has 1 aliphatic heterocycles. The first kappa shape index (κ1) is 11.5. The largest absolute Gasteiger partial charge is 0.381 e. The zero-order chi connectivity index (χ0) is 11.5. The van der Waals surface area contributed by atoms with Gasteiger partial charge in [-0.05, 0) is 30.9 Å². The lowest BCUT2D eigenvalue weighted by molar-refractivity contribution is 0.182. The molecule has 1 aromatic rings. The van der Waals surface area contributed by atoms with Gasteiger partial charge in [0.15, 0.2) is 0 Å². The van der Waals surface area contributed by atoms with Crippen LogP contribution in [0.2, 0.25) is 0 Å². The van der Waals surface area contributed by atoms with E-state index in [2.05, 4.69) is 0 Å². The summed E-state index contributed by atoms with van der Waals surface area (Å²) in [6.07, 6.45) is 1.49. The summed E-state index contributed by atoms with van der Waals surface area (Å²) in [6.45, 7) is 1.36. The summed E-state index contributed by atoms with van der Waals surface area (Å²) in [5.74, 6) is -0.813. The van der Waals surface area contributed by atoms with Crippen LogP contribution in [0.1, 0.15) is 24.4 Å². The highest BCUT2D eigenvalue weighted by molar-refractivity contribution is 5.23. The fraction of sp³-hybridized carbons (Fsp3) is 0.500. The standard InChI is InChI=1S/C12H15F2NO/c13-9-2-1-3-10(14)12(9)11(15)6-8-4-5-16-7-8/h1-3,8,11H,4-7,15H2. The Bertz CT molecular complexity index is 344. The number of hydrogen-bond donors (Lipinski definition) is 1. The summed E-state index contributed by atoms with van der Waals surface area (Å²) in [5.41, 5.74) is 5.84. The molecule has 1 aromatic carbocycles. The normalized spacial score (nSPS) is 22.3. The van der Waals surface area contributed by atoms with Crippen molar-refractivity contribution in [1.82, 2.24) is 0 Å². The molecule has 0 spiro atoms. The molecule has 0 aromatic heterocycles. The van der Waals surface area contributed by atoms with Gasteiger partial charge >= 0.3 is 0 Å². The van der Waals surface area contributed by atoms with E-state index in [1.54, 1.807) is 0 Å². The lowest BCUT2D eigenvalue weighted by Crippen LogP contribution is -2.18. The van der Waals surface area contributed by atoms with Gasteiger partial charge in [-0.1, -0.05) is 6.07 Å². The summed E-state index contributed by atoms with van der Waals surface area (Å²) in [5, 5.41) is 0. The van der Waals surface area contributed by atoms with E-state index >= 15 is 0 Å². The van der Waals surface area contributed by atoms with Crippen molar-refractivity contribution in [3.05, 3.63) is 35.4 Å². The van der Waals surface area contributed by atoms with Gasteiger partial charge in [-0.2, -0.15) is 0 Å². The summed E-state index contributed by atoms with van der Waals surface area (Å²) < 4.78 is 32.1. The molecule has 2 atom stereocenters. The van der Waals surface area contributed by atoms with Crippen LogP contribution in [0.5, 0.6) is 0 Å². The number of ether oxygens (including phenoxy) is 1. The Morgan fingerprint density at radius 1 is 1.38 bits per heavy atom. The maximum atomic E-state index is 13.4. The molecule has 1 aliphatic rings. The van der Waals surface area contributed by atoms with Crippen molar-refractivity contribution in [2.24, 2.45) is 11.7 Å². The summed E-state index contributed by atoms with van der Waals surface area (Å²) in [4.78, 5) is 0. The van der Waals surface area contributed by atoms with Crippen LogP contribution >= 0.6 is 0 Å². The first-order valence-corrected chi connectivity index (χ1v) is 5.45. The average Bonchev–Trinajstić information content (AvgIpc) is 2.70. The topological polar surface area (TPSA) is 35.2 Å². The second-order valence-corrected chi connectivity index (χ2v) is 4.21. The molecule has 2 N–H and O–H groups in total. The first-order valence-electron chi connectivity index (χ1n) is 5.45. The van der Waals surface area contributed by atoms with Crippen LogP contribution in [0.25, 0.3) is 0 Å². The van der Waals surface area contributed by atoms with Crippen molar-refractivity contribution in [2.75, 3.05) is 13.2 Å². The molecule has 0 aliphatic carbocycles. The predicted octanol–water partition coefficient (Wildman–Crippen LogP) is 2.39. The highest BCUT2D eigenvalue weighted by Gasteiger charge is 2.23. The van der Waals surface area contributed by atoms with E-state index in [4.69, 9.17) is 10.5 Å². The van der Waals surface area contributed by atoms with E-state index in [-0.39, 0.29) is 5.56 Å². The van der Waals surface area contributed by atoms with Crippen molar-refractivity contribution >= 4 is 0 Å². The molecule has 1 saturated heterocycles. The molecular formula is C12H15F2NO. The van der Waals surface area contributed by atoms with Crippen LogP contribution in [0.15, 0.2) is 18.2 Å². The number of benzene rings is 1. The third-order valence-electron chi connectivity index (χ3n) is 2.98. The highest BCUT2D eigenvalue weighted by Crippen LogP contribution is 2.27. The third kappa shape index (κ3) is 2.39. The second-order valence-electron chi connectivity index (χ2n) is 4.21. The minimum absolute atomic E-state index is 0.00519. The van der Waals surface area contributed by atoms with Gasteiger partial charge in [0.25, 0.3) is 0 Å². The second kappa shape index (κ2) is 4.89. The van der Waals surface area contributed by atoms with Crippen molar-refractivity contribution in [3.8, 4) is 0 Å². The van der Waals surface area contributed by atoms with Crippen LogP contribution in [-0.2, 0) is 4.74 Å². The van der Waals surface area contributed by atoms with Crippen LogP contribution in [0.4, 0.5) is 8.78 Å². The molecule has 4 heteroatoms. The van der Waals surface area contributed by atoms with Gasteiger partial charge in [0.2, 0.25) is 0 Å². The molecule has 2 nitrogen and oxygen atoms in total. The molecule has 2 unspecified atom stereocenters. The fourth-order valence-corrected chi connectivity index (χ4v) is 2.11. The molecule has 0 bridgehead atoms. The maximum absolute atomic E-state index is 13.4. The molecule has 0 radical (unpaired) electrons. The molecule has 88 valence electrons. The lowest BCUT2D eigenvalue weighted by Gasteiger charge is -2.16. The van der Waals surface area contributed by atoms with E-state index in [0.29, 0.717) is 18.9 Å². The minimum atomic E-state index is -0.590. The zero-order valence-corrected chi connectivity index (χ0v) is 8.96. The SMILES string of the molecule is NC(CC1CCOC1)c1c(F)cccc1F. The predicted molar refractivity (Wildman–Crippen MR) is 56.8 cm³/mol. The number of nitrogens with two attached hydrogens (primary N) is 1. The molecule has 0 amide bonds. The molecule has 16 heavy (non-hydrogen) atoms. The van der Waals surface area contributed by atoms with Gasteiger partial charge in [-0.25, -0.2) is 8.78 Å². The van der Waals surface area contributed by atoms with Crippen molar-refractivity contribution in [2.45, 2.75) is 18.9 Å². The molecule has 0 saturated carbocycles. The number of halogens is 2. The van der Waals surface area contributed by atoms with E-state index < -0.39 is 17.7 Å².